The second-order valence-electron chi connectivity index (χ2n) is 1.93. The molecular formula is C8H8ClNO. The molecule has 1 aromatic heterocycles. The van der Waals surface area contributed by atoms with Gasteiger partial charge in [-0.3, -0.25) is 4.98 Å². The highest BCUT2D eigenvalue weighted by Crippen LogP contribution is 2.14. The van der Waals surface area contributed by atoms with Gasteiger partial charge in [0.2, 0.25) is 0 Å². The van der Waals surface area contributed by atoms with Gasteiger partial charge in [-0.05, 0) is 6.92 Å². The highest BCUT2D eigenvalue weighted by molar-refractivity contribution is 6.30. The number of halogens is 1. The smallest absolute Gasteiger partial charge is 0.146 e. The van der Waals surface area contributed by atoms with Gasteiger partial charge in [-0.2, -0.15) is 0 Å². The fourth-order valence-corrected chi connectivity index (χ4v) is 0.767. The molecule has 0 aromatic carbocycles. The first-order valence-corrected chi connectivity index (χ1v) is 3.59. The van der Waals surface area contributed by atoms with Gasteiger partial charge in [0.05, 0.1) is 17.5 Å². The third-order valence-corrected chi connectivity index (χ3v) is 1.23. The summed E-state index contributed by atoms with van der Waals surface area (Å²) in [4.78, 5) is 3.85. The van der Waals surface area contributed by atoms with Crippen LogP contribution >= 0.6 is 11.6 Å². The fraction of sp³-hybridized carbons (Fsp3) is 0.125. The maximum absolute atomic E-state index is 5.66. The van der Waals surface area contributed by atoms with Gasteiger partial charge in [0.15, 0.2) is 0 Å². The number of ether oxygens (including phenoxy) is 1. The van der Waals surface area contributed by atoms with Gasteiger partial charge in [0.1, 0.15) is 5.75 Å². The highest BCUT2D eigenvalue weighted by Gasteiger charge is 1.91. The number of pyridine rings is 1. The summed E-state index contributed by atoms with van der Waals surface area (Å²) < 4.78 is 5.11. The van der Waals surface area contributed by atoms with Crippen molar-refractivity contribution < 1.29 is 4.74 Å². The molecule has 1 heterocycles. The minimum Gasteiger partial charge on any atom is -0.464 e. The fourth-order valence-electron chi connectivity index (χ4n) is 0.603. The van der Waals surface area contributed by atoms with Crippen molar-refractivity contribution in [1.29, 1.82) is 0 Å². The SMILES string of the molecule is C/C=C\Oc1cncc(Cl)c1. The number of hydrogen-bond acceptors (Lipinski definition) is 2. The molecule has 0 saturated carbocycles. The Kier molecular flexibility index (Phi) is 2.93. The molecule has 0 aliphatic rings. The summed E-state index contributed by atoms with van der Waals surface area (Å²) >= 11 is 5.66. The minimum absolute atomic E-state index is 0.576. The molecule has 0 fully saturated rings. The van der Waals surface area contributed by atoms with E-state index in [0.29, 0.717) is 10.8 Å². The van der Waals surface area contributed by atoms with Gasteiger partial charge in [0, 0.05) is 12.3 Å². The number of aromatic nitrogens is 1. The largest absolute Gasteiger partial charge is 0.464 e. The molecule has 0 atom stereocenters. The first kappa shape index (κ1) is 8.08. The van der Waals surface area contributed by atoms with Crippen LogP contribution in [-0.4, -0.2) is 4.98 Å². The number of nitrogens with zero attached hydrogens (tertiary/aromatic N) is 1. The molecule has 58 valence electrons. The summed E-state index contributed by atoms with van der Waals surface area (Å²) in [5.74, 6) is 0.649. The second kappa shape index (κ2) is 3.98. The molecule has 0 aliphatic carbocycles. The maximum atomic E-state index is 5.66. The highest BCUT2D eigenvalue weighted by atomic mass is 35.5. The van der Waals surface area contributed by atoms with Crippen molar-refractivity contribution in [3.63, 3.8) is 0 Å². The van der Waals surface area contributed by atoms with E-state index in [2.05, 4.69) is 4.98 Å². The predicted octanol–water partition coefficient (Wildman–Crippen LogP) is 2.65. The van der Waals surface area contributed by atoms with Crippen molar-refractivity contribution >= 4 is 11.6 Å². The monoisotopic (exact) mass is 169 g/mol. The van der Waals surface area contributed by atoms with E-state index in [1.165, 1.54) is 0 Å². The predicted molar refractivity (Wildman–Crippen MR) is 44.7 cm³/mol. The van der Waals surface area contributed by atoms with Crippen LogP contribution in [0.5, 0.6) is 5.75 Å². The lowest BCUT2D eigenvalue weighted by molar-refractivity contribution is 0.478. The van der Waals surface area contributed by atoms with Gasteiger partial charge < -0.3 is 4.74 Å². The van der Waals surface area contributed by atoms with E-state index in [1.54, 1.807) is 30.8 Å². The first-order valence-electron chi connectivity index (χ1n) is 3.21. The van der Waals surface area contributed by atoms with Crippen molar-refractivity contribution in [1.82, 2.24) is 4.98 Å². The van der Waals surface area contributed by atoms with Crippen molar-refractivity contribution in [3.05, 3.63) is 35.8 Å². The zero-order chi connectivity index (χ0) is 8.10. The Morgan fingerprint density at radius 3 is 3.00 bits per heavy atom. The summed E-state index contributed by atoms with van der Waals surface area (Å²) in [6.45, 7) is 1.87. The van der Waals surface area contributed by atoms with Crippen LogP contribution in [0.3, 0.4) is 0 Å². The number of allylic oxidation sites excluding steroid dienone is 1. The summed E-state index contributed by atoms with van der Waals surface area (Å²) in [5, 5.41) is 0.576. The van der Waals surface area contributed by atoms with Crippen LogP contribution < -0.4 is 4.74 Å². The van der Waals surface area contributed by atoms with E-state index in [1.807, 2.05) is 6.92 Å². The molecule has 2 nitrogen and oxygen atoms in total. The molecular weight excluding hydrogens is 162 g/mol. The summed E-state index contributed by atoms with van der Waals surface area (Å²) in [7, 11) is 0. The van der Waals surface area contributed by atoms with E-state index < -0.39 is 0 Å². The molecule has 0 N–H and O–H groups in total. The standard InChI is InChI=1S/C8H8ClNO/c1-2-3-11-8-4-7(9)5-10-6-8/h2-6H,1H3/b3-2-. The second-order valence-corrected chi connectivity index (χ2v) is 2.36. The normalized spacial score (nSPS) is 10.4. The van der Waals surface area contributed by atoms with Crippen LogP contribution in [-0.2, 0) is 0 Å². The first-order chi connectivity index (χ1) is 5.33. The molecule has 1 rings (SSSR count). The third kappa shape index (κ3) is 2.60. The van der Waals surface area contributed by atoms with Crippen molar-refractivity contribution in [2.75, 3.05) is 0 Å². The van der Waals surface area contributed by atoms with Gasteiger partial charge in [-0.25, -0.2) is 0 Å². The molecule has 11 heavy (non-hydrogen) atoms. The van der Waals surface area contributed by atoms with Gasteiger partial charge in [-0.15, -0.1) is 0 Å². The lowest BCUT2D eigenvalue weighted by atomic mass is 10.5. The Hall–Kier alpha value is -1.02. The average Bonchev–Trinajstić information content (AvgIpc) is 2.01. The van der Waals surface area contributed by atoms with E-state index in [9.17, 15) is 0 Å². The topological polar surface area (TPSA) is 22.1 Å². The van der Waals surface area contributed by atoms with Crippen LogP contribution in [0.4, 0.5) is 0 Å². The summed E-state index contributed by atoms with van der Waals surface area (Å²) in [5.41, 5.74) is 0. The molecule has 0 unspecified atom stereocenters. The molecule has 3 heteroatoms. The Labute approximate surface area is 70.5 Å². The van der Waals surface area contributed by atoms with Gasteiger partial charge in [0.25, 0.3) is 0 Å². The Morgan fingerprint density at radius 2 is 2.36 bits per heavy atom. The quantitative estimate of drug-likeness (QED) is 0.635. The van der Waals surface area contributed by atoms with Crippen LogP contribution in [0.2, 0.25) is 5.02 Å². The molecule has 1 aromatic rings. The zero-order valence-corrected chi connectivity index (χ0v) is 6.88. The minimum atomic E-state index is 0.576. The van der Waals surface area contributed by atoms with Crippen LogP contribution in [0.15, 0.2) is 30.8 Å². The molecule has 0 amide bonds. The Morgan fingerprint density at radius 1 is 1.55 bits per heavy atom. The van der Waals surface area contributed by atoms with Gasteiger partial charge >= 0.3 is 0 Å². The zero-order valence-electron chi connectivity index (χ0n) is 6.12. The molecule has 0 aliphatic heterocycles. The van der Waals surface area contributed by atoms with E-state index in [0.717, 1.165) is 0 Å². The summed E-state index contributed by atoms with van der Waals surface area (Å²) in [6.07, 6.45) is 6.53. The Balaban J connectivity index is 2.71. The lowest BCUT2D eigenvalue weighted by Gasteiger charge is -1.97. The maximum Gasteiger partial charge on any atom is 0.146 e. The van der Waals surface area contributed by atoms with Gasteiger partial charge in [-0.1, -0.05) is 17.7 Å². The lowest BCUT2D eigenvalue weighted by Crippen LogP contribution is -1.82. The number of hydrogen-bond donors (Lipinski definition) is 0. The Bertz CT molecular complexity index is 260. The third-order valence-electron chi connectivity index (χ3n) is 1.02. The molecule has 0 radical (unpaired) electrons. The van der Waals surface area contributed by atoms with Crippen molar-refractivity contribution in [2.24, 2.45) is 0 Å². The van der Waals surface area contributed by atoms with Crippen molar-refractivity contribution in [3.8, 4) is 5.75 Å². The molecule has 0 bridgehead atoms. The van der Waals surface area contributed by atoms with E-state index in [4.69, 9.17) is 16.3 Å². The molecule has 0 spiro atoms. The van der Waals surface area contributed by atoms with E-state index in [-0.39, 0.29) is 0 Å². The van der Waals surface area contributed by atoms with Crippen LogP contribution in [0.25, 0.3) is 0 Å². The summed E-state index contributed by atoms with van der Waals surface area (Å²) in [6, 6.07) is 1.70. The van der Waals surface area contributed by atoms with Crippen molar-refractivity contribution in [2.45, 2.75) is 6.92 Å². The molecule has 0 saturated heterocycles. The van der Waals surface area contributed by atoms with Crippen LogP contribution in [0, 0.1) is 0 Å². The van der Waals surface area contributed by atoms with Crippen LogP contribution in [0.1, 0.15) is 6.92 Å². The number of rotatable bonds is 2. The average molecular weight is 170 g/mol. The van der Waals surface area contributed by atoms with E-state index >= 15 is 0 Å².